The van der Waals surface area contributed by atoms with Crippen molar-refractivity contribution >= 4 is 5.96 Å². The molecule has 0 aliphatic heterocycles. The average Bonchev–Trinajstić information content (AvgIpc) is 3.22. The summed E-state index contributed by atoms with van der Waals surface area (Å²) in [4.78, 5) is 4.31. The second-order valence-corrected chi connectivity index (χ2v) is 6.59. The van der Waals surface area contributed by atoms with Gasteiger partial charge < -0.3 is 10.6 Å². The largest absolute Gasteiger partial charge is 0.356 e. The lowest BCUT2D eigenvalue weighted by Gasteiger charge is -2.15. The molecule has 0 saturated heterocycles. The number of nitrogens with zero attached hydrogens (tertiary/aromatic N) is 5. The Balaban J connectivity index is 1.61. The molecular formula is C20H27N7. The van der Waals surface area contributed by atoms with E-state index in [1.807, 2.05) is 47.9 Å². The number of aryl methyl sites for hydroxylation is 3. The van der Waals surface area contributed by atoms with Crippen molar-refractivity contribution < 1.29 is 0 Å². The van der Waals surface area contributed by atoms with Gasteiger partial charge in [0.25, 0.3) is 0 Å². The van der Waals surface area contributed by atoms with Crippen LogP contribution in [0.2, 0.25) is 0 Å². The van der Waals surface area contributed by atoms with Crippen LogP contribution in [0.1, 0.15) is 22.5 Å². The van der Waals surface area contributed by atoms with Crippen LogP contribution in [0.3, 0.4) is 0 Å². The Kier molecular flexibility index (Phi) is 5.90. The maximum absolute atomic E-state index is 4.61. The third-order valence-electron chi connectivity index (χ3n) is 4.36. The Labute approximate surface area is 160 Å². The first kappa shape index (κ1) is 18.7. The molecule has 7 nitrogen and oxygen atoms in total. The summed E-state index contributed by atoms with van der Waals surface area (Å²) in [5.74, 6) is 0.780. The Bertz CT molecular complexity index is 920. The predicted octanol–water partition coefficient (Wildman–Crippen LogP) is 2.13. The molecule has 2 aromatic heterocycles. The van der Waals surface area contributed by atoms with Crippen molar-refractivity contribution in [3.8, 4) is 5.69 Å². The van der Waals surface area contributed by atoms with Crippen molar-refractivity contribution in [2.24, 2.45) is 12.0 Å². The Morgan fingerprint density at radius 1 is 1.19 bits per heavy atom. The van der Waals surface area contributed by atoms with E-state index < -0.39 is 0 Å². The standard InChI is InChI=1S/C20H27N7/c1-15-11-16(2)27(25-15)19-8-6-5-7-18(19)13-23-20(21-3)22-10-9-17-12-24-26(4)14-17/h5-8,11-12,14H,9-10,13H2,1-4H3,(H2,21,22,23). The van der Waals surface area contributed by atoms with Crippen LogP contribution < -0.4 is 10.6 Å². The number of aliphatic imine (C=N–C) groups is 1. The van der Waals surface area contributed by atoms with Crippen LogP contribution in [0.5, 0.6) is 0 Å². The van der Waals surface area contributed by atoms with Gasteiger partial charge in [-0.1, -0.05) is 18.2 Å². The van der Waals surface area contributed by atoms with Crippen LogP contribution in [-0.4, -0.2) is 39.1 Å². The molecule has 0 aliphatic carbocycles. The highest BCUT2D eigenvalue weighted by Gasteiger charge is 2.09. The quantitative estimate of drug-likeness (QED) is 0.519. The summed E-state index contributed by atoms with van der Waals surface area (Å²) in [6, 6.07) is 10.4. The monoisotopic (exact) mass is 365 g/mol. The summed E-state index contributed by atoms with van der Waals surface area (Å²) < 4.78 is 3.81. The minimum atomic E-state index is 0.668. The highest BCUT2D eigenvalue weighted by molar-refractivity contribution is 5.79. The highest BCUT2D eigenvalue weighted by atomic mass is 15.3. The second-order valence-electron chi connectivity index (χ2n) is 6.59. The molecule has 142 valence electrons. The van der Waals surface area contributed by atoms with Crippen LogP contribution in [0, 0.1) is 13.8 Å². The van der Waals surface area contributed by atoms with E-state index in [-0.39, 0.29) is 0 Å². The van der Waals surface area contributed by atoms with E-state index in [2.05, 4.69) is 50.9 Å². The Morgan fingerprint density at radius 2 is 2.00 bits per heavy atom. The summed E-state index contributed by atoms with van der Waals surface area (Å²) in [5.41, 5.74) is 5.60. The van der Waals surface area contributed by atoms with Crippen LogP contribution in [0.4, 0.5) is 0 Å². The zero-order valence-corrected chi connectivity index (χ0v) is 16.4. The van der Waals surface area contributed by atoms with Gasteiger partial charge in [0.2, 0.25) is 0 Å². The molecule has 2 N–H and O–H groups in total. The Hall–Kier alpha value is -3.09. The number of nitrogens with one attached hydrogen (secondary N) is 2. The lowest BCUT2D eigenvalue weighted by Crippen LogP contribution is -2.38. The van der Waals surface area contributed by atoms with Crippen molar-refractivity contribution in [1.29, 1.82) is 0 Å². The zero-order valence-electron chi connectivity index (χ0n) is 16.4. The Morgan fingerprint density at radius 3 is 2.67 bits per heavy atom. The summed E-state index contributed by atoms with van der Waals surface area (Å²) in [5, 5.41) is 15.5. The molecule has 2 heterocycles. The van der Waals surface area contributed by atoms with Crippen LogP contribution >= 0.6 is 0 Å². The molecule has 0 unspecified atom stereocenters. The predicted molar refractivity (Wildman–Crippen MR) is 108 cm³/mol. The molecule has 3 aromatic rings. The van der Waals surface area contributed by atoms with Gasteiger partial charge in [-0.2, -0.15) is 10.2 Å². The van der Waals surface area contributed by atoms with Gasteiger partial charge in [-0.25, -0.2) is 4.68 Å². The molecule has 27 heavy (non-hydrogen) atoms. The van der Waals surface area contributed by atoms with Gasteiger partial charge in [-0.15, -0.1) is 0 Å². The van der Waals surface area contributed by atoms with Crippen LogP contribution in [0.15, 0.2) is 47.7 Å². The first-order valence-corrected chi connectivity index (χ1v) is 9.10. The molecule has 0 fully saturated rings. The van der Waals surface area contributed by atoms with E-state index in [1.54, 1.807) is 7.05 Å². The third kappa shape index (κ3) is 4.75. The van der Waals surface area contributed by atoms with Gasteiger partial charge in [0, 0.05) is 39.1 Å². The molecule has 0 amide bonds. The number of benzene rings is 1. The molecule has 0 atom stereocenters. The van der Waals surface area contributed by atoms with Gasteiger partial charge in [0.1, 0.15) is 0 Å². The molecule has 3 rings (SSSR count). The number of rotatable bonds is 6. The van der Waals surface area contributed by atoms with Crippen molar-refractivity contribution in [2.45, 2.75) is 26.8 Å². The van der Waals surface area contributed by atoms with E-state index in [4.69, 9.17) is 0 Å². The maximum atomic E-state index is 4.61. The zero-order chi connectivity index (χ0) is 19.2. The fourth-order valence-electron chi connectivity index (χ4n) is 3.07. The topological polar surface area (TPSA) is 72.1 Å². The maximum Gasteiger partial charge on any atom is 0.191 e. The van der Waals surface area contributed by atoms with E-state index in [9.17, 15) is 0 Å². The van der Waals surface area contributed by atoms with Gasteiger partial charge in [0.15, 0.2) is 5.96 Å². The van der Waals surface area contributed by atoms with E-state index >= 15 is 0 Å². The number of hydrogen-bond acceptors (Lipinski definition) is 3. The van der Waals surface area contributed by atoms with E-state index in [0.29, 0.717) is 6.54 Å². The first-order chi connectivity index (χ1) is 13.1. The van der Waals surface area contributed by atoms with Crippen molar-refractivity contribution in [2.75, 3.05) is 13.6 Å². The fourth-order valence-corrected chi connectivity index (χ4v) is 3.07. The first-order valence-electron chi connectivity index (χ1n) is 9.10. The fraction of sp³-hybridized carbons (Fsp3) is 0.350. The van der Waals surface area contributed by atoms with Crippen LogP contribution in [0.25, 0.3) is 5.69 Å². The SMILES string of the molecule is CN=C(NCCc1cnn(C)c1)NCc1ccccc1-n1nc(C)cc1C. The number of para-hydroxylation sites is 1. The van der Waals surface area contributed by atoms with Crippen LogP contribution in [-0.2, 0) is 20.0 Å². The summed E-state index contributed by atoms with van der Waals surface area (Å²) >= 11 is 0. The molecule has 1 aromatic carbocycles. The normalized spacial score (nSPS) is 11.6. The lowest BCUT2D eigenvalue weighted by molar-refractivity contribution is 0.763. The molecule has 0 bridgehead atoms. The summed E-state index contributed by atoms with van der Waals surface area (Å²) in [6.45, 7) is 5.55. The average molecular weight is 365 g/mol. The van der Waals surface area contributed by atoms with Gasteiger partial charge in [-0.05, 0) is 43.5 Å². The molecule has 0 saturated carbocycles. The number of guanidine groups is 1. The van der Waals surface area contributed by atoms with Gasteiger partial charge >= 0.3 is 0 Å². The third-order valence-corrected chi connectivity index (χ3v) is 4.36. The lowest BCUT2D eigenvalue weighted by atomic mass is 10.1. The number of hydrogen-bond donors (Lipinski definition) is 2. The van der Waals surface area contributed by atoms with Gasteiger partial charge in [0.05, 0.1) is 17.6 Å². The summed E-state index contributed by atoms with van der Waals surface area (Å²) in [6.07, 6.45) is 4.82. The van der Waals surface area contributed by atoms with E-state index in [1.165, 1.54) is 11.1 Å². The molecular weight excluding hydrogens is 338 g/mol. The van der Waals surface area contributed by atoms with Crippen molar-refractivity contribution in [3.05, 3.63) is 65.2 Å². The molecule has 0 spiro atoms. The number of aromatic nitrogens is 4. The molecule has 7 heteroatoms. The van der Waals surface area contributed by atoms with Gasteiger partial charge in [-0.3, -0.25) is 9.67 Å². The van der Waals surface area contributed by atoms with Crippen molar-refractivity contribution in [1.82, 2.24) is 30.2 Å². The van der Waals surface area contributed by atoms with Crippen molar-refractivity contribution in [3.63, 3.8) is 0 Å². The summed E-state index contributed by atoms with van der Waals surface area (Å²) in [7, 11) is 3.71. The molecule has 0 aliphatic rings. The van der Waals surface area contributed by atoms with E-state index in [0.717, 1.165) is 36.0 Å². The second kappa shape index (κ2) is 8.53. The smallest absolute Gasteiger partial charge is 0.191 e. The highest BCUT2D eigenvalue weighted by Crippen LogP contribution is 2.16. The minimum absolute atomic E-state index is 0.668. The molecule has 0 radical (unpaired) electrons. The minimum Gasteiger partial charge on any atom is -0.356 e.